The summed E-state index contributed by atoms with van der Waals surface area (Å²) in [6, 6.07) is 15.4. The predicted octanol–water partition coefficient (Wildman–Crippen LogP) is 8.47. The van der Waals surface area contributed by atoms with Gasteiger partial charge in [0.1, 0.15) is 5.75 Å². The highest BCUT2D eigenvalue weighted by Gasteiger charge is 2.43. The van der Waals surface area contributed by atoms with Gasteiger partial charge in [-0.3, -0.25) is 0 Å². The molecule has 0 atom stereocenters. The van der Waals surface area contributed by atoms with Crippen LogP contribution < -0.4 is 0 Å². The summed E-state index contributed by atoms with van der Waals surface area (Å²) in [6.45, 7) is 11.3. The van der Waals surface area contributed by atoms with E-state index in [0.717, 1.165) is 35.5 Å². The summed E-state index contributed by atoms with van der Waals surface area (Å²) < 4.78 is 1.13. The first-order valence-corrected chi connectivity index (χ1v) is 11.6. The molecule has 0 aromatic heterocycles. The Labute approximate surface area is 183 Å². The molecule has 0 aliphatic heterocycles. The fourth-order valence-electron chi connectivity index (χ4n) is 5.33. The summed E-state index contributed by atoms with van der Waals surface area (Å²) in [5, 5.41) is 13.2. The molecule has 1 nitrogen and oxygen atoms in total. The molecule has 0 radical (unpaired) electrons. The average Bonchev–Trinajstić information content (AvgIpc) is 2.91. The molecule has 0 saturated heterocycles. The molecule has 1 aliphatic carbocycles. The molecular weight excluding hydrogens is 420 g/mol. The SMILES string of the molecule is CCCC1(CCC)c2cc(Br)ccc2-c2c1cc(O)c1ccc(C(C)(C)C)cc21. The normalized spacial score (nSPS) is 14.8. The predicted molar refractivity (Wildman–Crippen MR) is 128 cm³/mol. The standard InChI is InChI=1S/C27H31BrO/c1-6-12-27(13-7-2)22-15-18(28)9-11-20(22)25-21-14-17(26(3,4)5)8-10-19(21)24(29)16-23(25)27/h8-11,14-16,29H,6-7,12-13H2,1-5H3. The van der Waals surface area contributed by atoms with Gasteiger partial charge in [-0.05, 0) is 75.7 Å². The fourth-order valence-corrected chi connectivity index (χ4v) is 5.69. The van der Waals surface area contributed by atoms with E-state index in [0.29, 0.717) is 5.75 Å². The number of phenolic OH excluding ortho intramolecular Hbond substituents is 1. The third-order valence-corrected chi connectivity index (χ3v) is 7.11. The van der Waals surface area contributed by atoms with E-state index in [1.807, 2.05) is 0 Å². The van der Waals surface area contributed by atoms with Crippen LogP contribution in [0.5, 0.6) is 5.75 Å². The number of rotatable bonds is 4. The van der Waals surface area contributed by atoms with E-state index in [1.165, 1.54) is 33.2 Å². The van der Waals surface area contributed by atoms with Gasteiger partial charge in [0.15, 0.2) is 0 Å². The van der Waals surface area contributed by atoms with E-state index in [1.54, 1.807) is 0 Å². The molecular formula is C27H31BrO. The van der Waals surface area contributed by atoms with Gasteiger partial charge in [-0.15, -0.1) is 0 Å². The average molecular weight is 451 g/mol. The zero-order chi connectivity index (χ0) is 21.0. The Bertz CT molecular complexity index is 1080. The number of aromatic hydroxyl groups is 1. The Kier molecular flexibility index (Phi) is 5.06. The number of halogens is 1. The van der Waals surface area contributed by atoms with Crippen LogP contribution in [0.15, 0.2) is 46.9 Å². The number of fused-ring (bicyclic) bond motifs is 5. The smallest absolute Gasteiger partial charge is 0.123 e. The van der Waals surface area contributed by atoms with Crippen molar-refractivity contribution in [1.29, 1.82) is 0 Å². The maximum absolute atomic E-state index is 11.0. The van der Waals surface area contributed by atoms with Crippen molar-refractivity contribution < 1.29 is 5.11 Å². The lowest BCUT2D eigenvalue weighted by Gasteiger charge is -2.32. The Morgan fingerprint density at radius 3 is 2.17 bits per heavy atom. The zero-order valence-electron chi connectivity index (χ0n) is 18.2. The van der Waals surface area contributed by atoms with Crippen molar-refractivity contribution in [2.24, 2.45) is 0 Å². The van der Waals surface area contributed by atoms with Crippen molar-refractivity contribution >= 4 is 26.7 Å². The minimum atomic E-state index is -0.0264. The summed E-state index contributed by atoms with van der Waals surface area (Å²) in [6.07, 6.45) is 4.43. The molecule has 0 amide bonds. The van der Waals surface area contributed by atoms with E-state index >= 15 is 0 Å². The van der Waals surface area contributed by atoms with Crippen LogP contribution >= 0.6 is 15.9 Å². The van der Waals surface area contributed by atoms with Crippen LogP contribution in [-0.2, 0) is 10.8 Å². The van der Waals surface area contributed by atoms with Crippen LogP contribution in [0.1, 0.15) is 77.0 Å². The largest absolute Gasteiger partial charge is 0.507 e. The topological polar surface area (TPSA) is 20.2 Å². The van der Waals surface area contributed by atoms with Crippen LogP contribution in [0.25, 0.3) is 21.9 Å². The first-order chi connectivity index (χ1) is 13.7. The Balaban J connectivity index is 2.15. The van der Waals surface area contributed by atoms with Gasteiger partial charge < -0.3 is 5.11 Å². The second-order valence-electron chi connectivity index (χ2n) is 9.60. The second kappa shape index (κ2) is 7.16. The molecule has 0 saturated carbocycles. The third-order valence-electron chi connectivity index (χ3n) is 6.62. The maximum atomic E-state index is 11.0. The third kappa shape index (κ3) is 3.11. The Morgan fingerprint density at radius 2 is 1.55 bits per heavy atom. The summed E-state index contributed by atoms with van der Waals surface area (Å²) in [5.74, 6) is 0.405. The molecule has 0 unspecified atom stereocenters. The lowest BCUT2D eigenvalue weighted by molar-refractivity contribution is 0.430. The molecule has 29 heavy (non-hydrogen) atoms. The van der Waals surface area contributed by atoms with Gasteiger partial charge >= 0.3 is 0 Å². The van der Waals surface area contributed by atoms with Crippen molar-refractivity contribution in [3.05, 3.63) is 63.6 Å². The molecule has 0 heterocycles. The van der Waals surface area contributed by atoms with E-state index < -0.39 is 0 Å². The monoisotopic (exact) mass is 450 g/mol. The highest BCUT2D eigenvalue weighted by Crippen LogP contribution is 2.57. The van der Waals surface area contributed by atoms with E-state index in [-0.39, 0.29) is 10.8 Å². The second-order valence-corrected chi connectivity index (χ2v) is 10.5. The van der Waals surface area contributed by atoms with Crippen molar-refractivity contribution in [3.8, 4) is 16.9 Å². The molecule has 3 aromatic carbocycles. The van der Waals surface area contributed by atoms with Crippen LogP contribution in [0.2, 0.25) is 0 Å². The molecule has 4 rings (SSSR count). The van der Waals surface area contributed by atoms with Gasteiger partial charge in [0.05, 0.1) is 0 Å². The summed E-state index contributed by atoms with van der Waals surface area (Å²) >= 11 is 3.72. The summed E-state index contributed by atoms with van der Waals surface area (Å²) in [4.78, 5) is 0. The van der Waals surface area contributed by atoms with Crippen LogP contribution in [0.3, 0.4) is 0 Å². The van der Waals surface area contributed by atoms with Gasteiger partial charge in [0, 0.05) is 15.3 Å². The first-order valence-electron chi connectivity index (χ1n) is 10.8. The van der Waals surface area contributed by atoms with E-state index in [4.69, 9.17) is 0 Å². The molecule has 0 bridgehead atoms. The number of benzene rings is 3. The van der Waals surface area contributed by atoms with Crippen molar-refractivity contribution in [1.82, 2.24) is 0 Å². The minimum absolute atomic E-state index is 0.0264. The lowest BCUT2D eigenvalue weighted by Crippen LogP contribution is -2.25. The molecule has 0 fully saturated rings. The van der Waals surface area contributed by atoms with Crippen molar-refractivity contribution in [2.45, 2.75) is 71.1 Å². The fraction of sp³-hybridized carbons (Fsp3) is 0.407. The number of hydrogen-bond acceptors (Lipinski definition) is 1. The van der Waals surface area contributed by atoms with Gasteiger partial charge in [0.2, 0.25) is 0 Å². The highest BCUT2D eigenvalue weighted by atomic mass is 79.9. The maximum Gasteiger partial charge on any atom is 0.123 e. The molecule has 1 N–H and O–H groups in total. The zero-order valence-corrected chi connectivity index (χ0v) is 19.8. The summed E-state index contributed by atoms with van der Waals surface area (Å²) in [5.41, 5.74) is 6.73. The van der Waals surface area contributed by atoms with Crippen molar-refractivity contribution in [2.75, 3.05) is 0 Å². The molecule has 152 valence electrons. The van der Waals surface area contributed by atoms with Crippen LogP contribution in [0, 0.1) is 0 Å². The quantitative estimate of drug-likeness (QED) is 0.422. The summed E-state index contributed by atoms with van der Waals surface area (Å²) in [7, 11) is 0. The lowest BCUT2D eigenvalue weighted by atomic mass is 9.71. The Hall–Kier alpha value is -1.80. The molecule has 2 heteroatoms. The number of phenols is 1. The van der Waals surface area contributed by atoms with Gasteiger partial charge in [-0.2, -0.15) is 0 Å². The van der Waals surface area contributed by atoms with Crippen molar-refractivity contribution in [3.63, 3.8) is 0 Å². The first kappa shape index (κ1) is 20.5. The minimum Gasteiger partial charge on any atom is -0.507 e. The highest BCUT2D eigenvalue weighted by molar-refractivity contribution is 9.10. The molecule has 3 aromatic rings. The Morgan fingerprint density at radius 1 is 0.862 bits per heavy atom. The van der Waals surface area contributed by atoms with Crippen LogP contribution in [0.4, 0.5) is 0 Å². The van der Waals surface area contributed by atoms with Crippen LogP contribution in [-0.4, -0.2) is 5.11 Å². The number of hydrogen-bond donors (Lipinski definition) is 1. The van der Waals surface area contributed by atoms with E-state index in [9.17, 15) is 5.11 Å². The van der Waals surface area contributed by atoms with Gasteiger partial charge in [-0.25, -0.2) is 0 Å². The van der Waals surface area contributed by atoms with Gasteiger partial charge in [0.25, 0.3) is 0 Å². The van der Waals surface area contributed by atoms with E-state index in [2.05, 4.69) is 93.0 Å². The molecule has 0 spiro atoms. The molecule has 1 aliphatic rings. The van der Waals surface area contributed by atoms with Gasteiger partial charge in [-0.1, -0.05) is 81.6 Å².